The quantitative estimate of drug-likeness (QED) is 0.410. The van der Waals surface area contributed by atoms with Crippen LogP contribution in [0, 0.1) is 16.2 Å². The molecule has 0 radical (unpaired) electrons. The summed E-state index contributed by atoms with van der Waals surface area (Å²) in [6.07, 6.45) is 10.3. The van der Waals surface area contributed by atoms with Gasteiger partial charge < -0.3 is 0 Å². The Balaban J connectivity index is -0.000000137. The van der Waals surface area contributed by atoms with Crippen molar-refractivity contribution in [2.45, 2.75) is 129 Å². The van der Waals surface area contributed by atoms with Gasteiger partial charge in [0.2, 0.25) is 0 Å². The lowest BCUT2D eigenvalue weighted by atomic mass is 9.78. The van der Waals surface area contributed by atoms with Gasteiger partial charge in [-0.05, 0) is 22.7 Å². The van der Waals surface area contributed by atoms with Gasteiger partial charge >= 0.3 is 0 Å². The van der Waals surface area contributed by atoms with Gasteiger partial charge in [-0.3, -0.25) is 0 Å². The lowest BCUT2D eigenvalue weighted by Gasteiger charge is -2.28. The maximum Gasteiger partial charge on any atom is -0.0378 e. The predicted octanol–water partition coefficient (Wildman–Crippen LogP) is 10.8. The highest BCUT2D eigenvalue weighted by Gasteiger charge is 2.20. The lowest BCUT2D eigenvalue weighted by molar-refractivity contribution is 0.233. The Hall–Kier alpha value is -0.780. The molecule has 0 atom stereocenters. The van der Waals surface area contributed by atoms with Crippen molar-refractivity contribution < 1.29 is 0 Å². The highest BCUT2D eigenvalue weighted by Crippen LogP contribution is 2.31. The maximum absolute atomic E-state index is 2.29. The van der Waals surface area contributed by atoms with Gasteiger partial charge in [0.1, 0.15) is 0 Å². The SMILES string of the molecule is C.C.C1CCCCC1.CC(C)(C)C.CC(C)(C)CC(C)(C)C.c1ccccc1. The van der Waals surface area contributed by atoms with E-state index in [0.717, 1.165) is 0 Å². The van der Waals surface area contributed by atoms with Crippen LogP contribution in [-0.4, -0.2) is 0 Å². The smallest absolute Gasteiger partial charge is 0.0378 e. The number of hydrogen-bond acceptors (Lipinski definition) is 0. The first-order valence-corrected chi connectivity index (χ1v) is 10.7. The van der Waals surface area contributed by atoms with Gasteiger partial charge in [-0.15, -0.1) is 0 Å². The van der Waals surface area contributed by atoms with E-state index in [9.17, 15) is 0 Å². The fourth-order valence-electron chi connectivity index (χ4n) is 3.04. The third-order valence-electron chi connectivity index (χ3n) is 3.23. The van der Waals surface area contributed by atoms with Gasteiger partial charge in [0, 0.05) is 0 Å². The van der Waals surface area contributed by atoms with Crippen LogP contribution in [-0.2, 0) is 0 Å². The summed E-state index contributed by atoms with van der Waals surface area (Å²) in [5.41, 5.74) is 1.47. The van der Waals surface area contributed by atoms with Crippen LogP contribution in [0.4, 0.5) is 0 Å². The minimum Gasteiger partial charge on any atom is -0.0776 e. The molecule has 1 saturated carbocycles. The number of rotatable bonds is 0. The molecular weight excluding hydrogens is 336 g/mol. The summed E-state index contributed by atoms with van der Waals surface area (Å²) in [5, 5.41) is 0. The Morgan fingerprint density at radius 3 is 0.643 bits per heavy atom. The molecule has 0 amide bonds. The number of benzene rings is 1. The third kappa shape index (κ3) is 49.9. The second kappa shape index (κ2) is 18.3. The Morgan fingerprint density at radius 2 is 0.571 bits per heavy atom. The van der Waals surface area contributed by atoms with Crippen LogP contribution < -0.4 is 0 Å². The highest BCUT2D eigenvalue weighted by atomic mass is 14.3. The lowest BCUT2D eigenvalue weighted by Crippen LogP contribution is -2.16. The molecule has 1 aromatic carbocycles. The zero-order chi connectivity index (χ0) is 20.7. The highest BCUT2D eigenvalue weighted by molar-refractivity contribution is 4.99. The summed E-state index contributed by atoms with van der Waals surface area (Å²) in [4.78, 5) is 0. The molecular formula is C28H58. The minimum atomic E-state index is 0. The van der Waals surface area contributed by atoms with Crippen LogP contribution in [0.25, 0.3) is 0 Å². The van der Waals surface area contributed by atoms with Crippen LogP contribution in [0.2, 0.25) is 0 Å². The van der Waals surface area contributed by atoms with E-state index in [1.807, 2.05) is 36.4 Å². The van der Waals surface area contributed by atoms with Gasteiger partial charge in [-0.2, -0.15) is 0 Å². The predicted molar refractivity (Wildman–Crippen MR) is 136 cm³/mol. The fourth-order valence-corrected chi connectivity index (χ4v) is 3.04. The molecule has 0 aromatic heterocycles. The largest absolute Gasteiger partial charge is 0.0776 e. The molecule has 0 heteroatoms. The van der Waals surface area contributed by atoms with E-state index in [-0.39, 0.29) is 14.9 Å². The topological polar surface area (TPSA) is 0 Å². The monoisotopic (exact) mass is 394 g/mol. The van der Waals surface area contributed by atoms with Crippen molar-refractivity contribution in [2.24, 2.45) is 16.2 Å². The van der Waals surface area contributed by atoms with Crippen molar-refractivity contribution in [3.8, 4) is 0 Å². The van der Waals surface area contributed by atoms with Crippen molar-refractivity contribution in [1.29, 1.82) is 0 Å². The van der Waals surface area contributed by atoms with Crippen LogP contribution in [0.1, 0.15) is 129 Å². The standard InChI is InChI=1S/C9H20.C6H12.C6H6.C5H12.2CH4/c1-8(2,3)7-9(4,5)6;2*1-2-4-6-5-3-1;1-5(2,3)4;;/h7H2,1-6H3;1-6H2;1-6H;1-4H3;2*1H4. The Morgan fingerprint density at radius 1 is 0.429 bits per heavy atom. The van der Waals surface area contributed by atoms with Gasteiger partial charge in [-0.1, -0.05) is 159 Å². The van der Waals surface area contributed by atoms with Gasteiger partial charge in [0.25, 0.3) is 0 Å². The maximum atomic E-state index is 2.29. The van der Waals surface area contributed by atoms with Crippen LogP contribution in [0.5, 0.6) is 0 Å². The van der Waals surface area contributed by atoms with Crippen LogP contribution in [0.3, 0.4) is 0 Å². The second-order valence-electron chi connectivity index (χ2n) is 11.6. The van der Waals surface area contributed by atoms with E-state index in [4.69, 9.17) is 0 Å². The molecule has 0 N–H and O–H groups in total. The summed E-state index contributed by atoms with van der Waals surface area (Å²) in [5.74, 6) is 0. The summed E-state index contributed by atoms with van der Waals surface area (Å²) in [6.45, 7) is 22.5. The molecule has 1 aliphatic rings. The normalized spacial score (nSPS) is 13.5. The molecule has 0 spiro atoms. The molecule has 0 nitrogen and oxygen atoms in total. The Labute approximate surface area is 181 Å². The van der Waals surface area contributed by atoms with E-state index < -0.39 is 0 Å². The summed E-state index contributed by atoms with van der Waals surface area (Å²) in [6, 6.07) is 12.0. The fraction of sp³-hybridized carbons (Fsp3) is 0.786. The van der Waals surface area contributed by atoms with Crippen molar-refractivity contribution in [2.75, 3.05) is 0 Å². The molecule has 28 heavy (non-hydrogen) atoms. The molecule has 0 unspecified atom stereocenters. The van der Waals surface area contributed by atoms with E-state index in [1.54, 1.807) is 0 Å². The van der Waals surface area contributed by atoms with Gasteiger partial charge in [0.15, 0.2) is 0 Å². The summed E-state index contributed by atoms with van der Waals surface area (Å²) >= 11 is 0. The summed E-state index contributed by atoms with van der Waals surface area (Å²) in [7, 11) is 0. The molecule has 2 rings (SSSR count). The first kappa shape index (κ1) is 34.7. The Bertz CT molecular complexity index is 321. The molecule has 1 aliphatic carbocycles. The number of hydrogen-bond donors (Lipinski definition) is 0. The third-order valence-corrected chi connectivity index (χ3v) is 3.23. The van der Waals surface area contributed by atoms with Crippen LogP contribution >= 0.6 is 0 Å². The Kier molecular flexibility index (Phi) is 22.6. The molecule has 1 aromatic rings. The van der Waals surface area contributed by atoms with Gasteiger partial charge in [-0.25, -0.2) is 0 Å². The van der Waals surface area contributed by atoms with Gasteiger partial charge in [0.05, 0.1) is 0 Å². The molecule has 170 valence electrons. The second-order valence-corrected chi connectivity index (χ2v) is 11.6. The van der Waals surface area contributed by atoms with Crippen molar-refractivity contribution in [1.82, 2.24) is 0 Å². The van der Waals surface area contributed by atoms with Crippen LogP contribution in [0.15, 0.2) is 36.4 Å². The molecule has 0 aliphatic heterocycles. The zero-order valence-corrected chi connectivity index (χ0v) is 19.9. The minimum absolute atomic E-state index is 0. The van der Waals surface area contributed by atoms with Crippen molar-refractivity contribution in [3.63, 3.8) is 0 Å². The molecule has 0 heterocycles. The van der Waals surface area contributed by atoms with E-state index in [2.05, 4.69) is 69.2 Å². The summed E-state index contributed by atoms with van der Waals surface area (Å²) < 4.78 is 0. The molecule has 1 fully saturated rings. The van der Waals surface area contributed by atoms with Crippen molar-refractivity contribution in [3.05, 3.63) is 36.4 Å². The van der Waals surface area contributed by atoms with E-state index >= 15 is 0 Å². The average molecular weight is 395 g/mol. The first-order chi connectivity index (χ1) is 11.7. The average Bonchev–Trinajstić information content (AvgIpc) is 2.47. The molecule has 0 saturated heterocycles. The van der Waals surface area contributed by atoms with E-state index in [0.29, 0.717) is 16.2 Å². The zero-order valence-electron chi connectivity index (χ0n) is 19.9. The van der Waals surface area contributed by atoms with E-state index in [1.165, 1.54) is 44.9 Å². The van der Waals surface area contributed by atoms with Crippen molar-refractivity contribution >= 4 is 0 Å². The molecule has 0 bridgehead atoms. The first-order valence-electron chi connectivity index (χ1n) is 10.7.